The summed E-state index contributed by atoms with van der Waals surface area (Å²) >= 11 is 0. The predicted octanol–water partition coefficient (Wildman–Crippen LogP) is 0.531. The average Bonchev–Trinajstić information content (AvgIpc) is 2.32. The fourth-order valence-corrected chi connectivity index (χ4v) is 1.91. The lowest BCUT2D eigenvalue weighted by Gasteiger charge is -2.25. The molecule has 0 aromatic heterocycles. The van der Waals surface area contributed by atoms with Gasteiger partial charge in [-0.25, -0.2) is 0 Å². The SMILES string of the molecule is CC(C)CC1(CO)CCNC1=O. The summed E-state index contributed by atoms with van der Waals surface area (Å²) in [6.45, 7) is 4.84. The van der Waals surface area contributed by atoms with E-state index in [2.05, 4.69) is 19.2 Å². The number of aliphatic hydroxyl groups is 1. The van der Waals surface area contributed by atoms with E-state index in [1.165, 1.54) is 0 Å². The molecule has 2 N–H and O–H groups in total. The fraction of sp³-hybridized carbons (Fsp3) is 0.889. The van der Waals surface area contributed by atoms with E-state index in [4.69, 9.17) is 0 Å². The smallest absolute Gasteiger partial charge is 0.228 e. The Hall–Kier alpha value is -0.570. The third-order valence-electron chi connectivity index (χ3n) is 2.47. The lowest BCUT2D eigenvalue weighted by molar-refractivity contribution is -0.130. The number of carbonyl (C=O) groups is 1. The van der Waals surface area contributed by atoms with Crippen molar-refractivity contribution in [3.63, 3.8) is 0 Å². The monoisotopic (exact) mass is 171 g/mol. The summed E-state index contributed by atoms with van der Waals surface area (Å²) in [7, 11) is 0. The molecule has 1 amide bonds. The molecule has 3 nitrogen and oxygen atoms in total. The van der Waals surface area contributed by atoms with Crippen LogP contribution in [0.25, 0.3) is 0 Å². The molecule has 0 aromatic rings. The molecule has 0 saturated carbocycles. The molecule has 0 radical (unpaired) electrons. The molecule has 1 rings (SSSR count). The topological polar surface area (TPSA) is 49.3 Å². The van der Waals surface area contributed by atoms with Crippen molar-refractivity contribution in [2.45, 2.75) is 26.7 Å². The summed E-state index contributed by atoms with van der Waals surface area (Å²) in [5, 5.41) is 11.9. The number of carbonyl (C=O) groups excluding carboxylic acids is 1. The first kappa shape index (κ1) is 9.52. The quantitative estimate of drug-likeness (QED) is 0.650. The number of nitrogens with one attached hydrogen (secondary N) is 1. The third kappa shape index (κ3) is 1.61. The highest BCUT2D eigenvalue weighted by Gasteiger charge is 2.41. The molecule has 1 unspecified atom stereocenters. The largest absolute Gasteiger partial charge is 0.395 e. The van der Waals surface area contributed by atoms with Gasteiger partial charge in [0.2, 0.25) is 5.91 Å². The predicted molar refractivity (Wildman–Crippen MR) is 46.6 cm³/mol. The molecular formula is C9H17NO2. The Morgan fingerprint density at radius 3 is 2.67 bits per heavy atom. The zero-order valence-corrected chi connectivity index (χ0v) is 7.76. The molecule has 1 aliphatic heterocycles. The molecule has 0 aromatic carbocycles. The molecule has 0 spiro atoms. The van der Waals surface area contributed by atoms with E-state index in [-0.39, 0.29) is 12.5 Å². The Labute approximate surface area is 73.2 Å². The van der Waals surface area contributed by atoms with Crippen LogP contribution in [0, 0.1) is 11.3 Å². The highest BCUT2D eigenvalue weighted by atomic mass is 16.3. The van der Waals surface area contributed by atoms with Gasteiger partial charge in [0, 0.05) is 6.54 Å². The first-order valence-corrected chi connectivity index (χ1v) is 4.50. The van der Waals surface area contributed by atoms with Gasteiger partial charge in [0.15, 0.2) is 0 Å². The van der Waals surface area contributed by atoms with Gasteiger partial charge in [-0.1, -0.05) is 13.8 Å². The average molecular weight is 171 g/mol. The zero-order valence-electron chi connectivity index (χ0n) is 7.76. The second-order valence-electron chi connectivity index (χ2n) is 4.04. The van der Waals surface area contributed by atoms with Crippen molar-refractivity contribution < 1.29 is 9.90 Å². The Morgan fingerprint density at radius 2 is 2.33 bits per heavy atom. The molecule has 70 valence electrons. The van der Waals surface area contributed by atoms with Gasteiger partial charge in [-0.05, 0) is 18.8 Å². The van der Waals surface area contributed by atoms with E-state index in [1.807, 2.05) is 0 Å². The molecular weight excluding hydrogens is 154 g/mol. The van der Waals surface area contributed by atoms with Crippen molar-refractivity contribution in [2.24, 2.45) is 11.3 Å². The second kappa shape index (κ2) is 3.44. The Kier molecular flexibility index (Phi) is 2.73. The Bertz CT molecular complexity index is 179. The van der Waals surface area contributed by atoms with Crippen LogP contribution in [0.3, 0.4) is 0 Å². The van der Waals surface area contributed by atoms with E-state index in [1.54, 1.807) is 0 Å². The standard InChI is InChI=1S/C9H17NO2/c1-7(2)5-9(6-11)3-4-10-8(9)12/h7,11H,3-6H2,1-2H3,(H,10,12). The van der Waals surface area contributed by atoms with Crippen LogP contribution in [-0.4, -0.2) is 24.2 Å². The van der Waals surface area contributed by atoms with Gasteiger partial charge >= 0.3 is 0 Å². The van der Waals surface area contributed by atoms with Gasteiger partial charge in [-0.15, -0.1) is 0 Å². The van der Waals surface area contributed by atoms with Crippen molar-refractivity contribution >= 4 is 5.91 Å². The summed E-state index contributed by atoms with van der Waals surface area (Å²) in [5.74, 6) is 0.486. The van der Waals surface area contributed by atoms with E-state index in [0.717, 1.165) is 12.8 Å². The lowest BCUT2D eigenvalue weighted by Crippen LogP contribution is -2.35. The highest BCUT2D eigenvalue weighted by Crippen LogP contribution is 2.33. The van der Waals surface area contributed by atoms with Crippen molar-refractivity contribution in [3.8, 4) is 0 Å². The first-order chi connectivity index (χ1) is 5.60. The molecule has 0 bridgehead atoms. The first-order valence-electron chi connectivity index (χ1n) is 4.50. The van der Waals surface area contributed by atoms with Crippen LogP contribution < -0.4 is 5.32 Å². The van der Waals surface area contributed by atoms with Crippen molar-refractivity contribution in [3.05, 3.63) is 0 Å². The van der Waals surface area contributed by atoms with Crippen LogP contribution >= 0.6 is 0 Å². The van der Waals surface area contributed by atoms with Crippen LogP contribution in [0.15, 0.2) is 0 Å². The molecule has 1 aliphatic rings. The summed E-state index contributed by atoms with van der Waals surface area (Å²) in [6, 6.07) is 0. The van der Waals surface area contributed by atoms with Gasteiger partial charge < -0.3 is 10.4 Å². The Balaban J connectivity index is 2.68. The van der Waals surface area contributed by atoms with Gasteiger partial charge in [0.05, 0.1) is 12.0 Å². The molecule has 1 heterocycles. The molecule has 3 heteroatoms. The van der Waals surface area contributed by atoms with Gasteiger partial charge in [-0.3, -0.25) is 4.79 Å². The van der Waals surface area contributed by atoms with Crippen LogP contribution in [0.5, 0.6) is 0 Å². The maximum atomic E-state index is 11.4. The van der Waals surface area contributed by atoms with E-state index >= 15 is 0 Å². The van der Waals surface area contributed by atoms with E-state index in [9.17, 15) is 9.90 Å². The minimum absolute atomic E-state index is 0.0169. The fourth-order valence-electron chi connectivity index (χ4n) is 1.91. The summed E-state index contributed by atoms with van der Waals surface area (Å²) in [4.78, 5) is 11.4. The number of hydrogen-bond donors (Lipinski definition) is 2. The van der Waals surface area contributed by atoms with Crippen LogP contribution in [0.4, 0.5) is 0 Å². The molecule has 12 heavy (non-hydrogen) atoms. The third-order valence-corrected chi connectivity index (χ3v) is 2.47. The lowest BCUT2D eigenvalue weighted by atomic mass is 9.79. The number of hydrogen-bond acceptors (Lipinski definition) is 2. The van der Waals surface area contributed by atoms with Gasteiger partial charge in [0.1, 0.15) is 0 Å². The van der Waals surface area contributed by atoms with Crippen molar-refractivity contribution in [1.82, 2.24) is 5.32 Å². The summed E-state index contributed by atoms with van der Waals surface area (Å²) in [6.07, 6.45) is 1.57. The second-order valence-corrected chi connectivity index (χ2v) is 4.04. The number of rotatable bonds is 3. The minimum Gasteiger partial charge on any atom is -0.395 e. The summed E-state index contributed by atoms with van der Waals surface area (Å²) < 4.78 is 0. The van der Waals surface area contributed by atoms with E-state index < -0.39 is 5.41 Å². The Morgan fingerprint density at radius 1 is 1.67 bits per heavy atom. The number of amides is 1. The minimum atomic E-state index is -0.478. The normalized spacial score (nSPS) is 29.5. The molecule has 1 atom stereocenters. The van der Waals surface area contributed by atoms with Crippen LogP contribution in [-0.2, 0) is 4.79 Å². The zero-order chi connectivity index (χ0) is 9.19. The van der Waals surface area contributed by atoms with E-state index in [0.29, 0.717) is 12.5 Å². The maximum Gasteiger partial charge on any atom is 0.228 e. The van der Waals surface area contributed by atoms with Crippen molar-refractivity contribution in [2.75, 3.05) is 13.2 Å². The van der Waals surface area contributed by atoms with Gasteiger partial charge in [-0.2, -0.15) is 0 Å². The maximum absolute atomic E-state index is 11.4. The van der Waals surface area contributed by atoms with Crippen LogP contribution in [0.2, 0.25) is 0 Å². The molecule has 0 aliphatic carbocycles. The summed E-state index contributed by atoms with van der Waals surface area (Å²) in [5.41, 5.74) is -0.478. The number of aliphatic hydroxyl groups excluding tert-OH is 1. The molecule has 1 saturated heterocycles. The highest BCUT2D eigenvalue weighted by molar-refractivity contribution is 5.84. The van der Waals surface area contributed by atoms with Crippen LogP contribution in [0.1, 0.15) is 26.7 Å². The van der Waals surface area contributed by atoms with Gasteiger partial charge in [0.25, 0.3) is 0 Å². The van der Waals surface area contributed by atoms with Crippen molar-refractivity contribution in [1.29, 1.82) is 0 Å². The molecule has 1 fully saturated rings.